The van der Waals surface area contributed by atoms with Gasteiger partial charge in [-0.1, -0.05) is 181 Å². The summed E-state index contributed by atoms with van der Waals surface area (Å²) in [6, 6.07) is 0. The first-order chi connectivity index (χ1) is 22.5. The highest BCUT2D eigenvalue weighted by atomic mass is 16.5. The average Bonchev–Trinajstić information content (AvgIpc) is 3.07. The third-order valence-corrected chi connectivity index (χ3v) is 8.17. The van der Waals surface area contributed by atoms with Crippen LogP contribution >= 0.6 is 0 Å². The van der Waals surface area contributed by atoms with Crippen LogP contribution in [0.3, 0.4) is 0 Å². The van der Waals surface area contributed by atoms with Crippen LogP contribution in [0.1, 0.15) is 201 Å². The van der Waals surface area contributed by atoms with E-state index in [1.807, 2.05) is 0 Å². The normalized spacial score (nSPS) is 12.4. The van der Waals surface area contributed by atoms with Gasteiger partial charge in [-0.25, -0.2) is 0 Å². The van der Waals surface area contributed by atoms with Gasteiger partial charge >= 0.3 is 0 Å². The van der Waals surface area contributed by atoms with Crippen molar-refractivity contribution in [2.45, 2.75) is 213 Å². The molecule has 0 saturated carbocycles. The molecule has 0 rings (SSSR count). The maximum absolute atomic E-state index is 8.72. The lowest BCUT2D eigenvalue weighted by molar-refractivity contribution is -0.0364. The second-order valence-corrected chi connectivity index (χ2v) is 13.1. The largest absolute Gasteiger partial charge is 0.396 e. The fourth-order valence-corrected chi connectivity index (χ4v) is 5.07. The number of aliphatic hydroxyl groups is 5. The second-order valence-electron chi connectivity index (χ2n) is 13.1. The smallest absolute Gasteiger partial charge is 0.100 e. The Morgan fingerprint density at radius 1 is 0.391 bits per heavy atom. The lowest BCUT2D eigenvalue weighted by Crippen LogP contribution is -2.25. The Balaban J connectivity index is -0.000000625. The van der Waals surface area contributed by atoms with Gasteiger partial charge in [-0.3, -0.25) is 0 Å². The number of aliphatic hydroxyl groups excluding tert-OH is 5. The Morgan fingerprint density at radius 2 is 0.652 bits per heavy atom. The fourth-order valence-electron chi connectivity index (χ4n) is 5.07. The van der Waals surface area contributed by atoms with Crippen molar-refractivity contribution in [3.8, 4) is 0 Å². The molecule has 0 heterocycles. The van der Waals surface area contributed by atoms with Gasteiger partial charge in [0.1, 0.15) is 12.2 Å². The van der Waals surface area contributed by atoms with E-state index in [1.165, 1.54) is 173 Å². The van der Waals surface area contributed by atoms with E-state index in [4.69, 9.17) is 30.3 Å². The zero-order chi connectivity index (χ0) is 34.6. The van der Waals surface area contributed by atoms with Crippen molar-refractivity contribution in [2.75, 3.05) is 33.0 Å². The average molecular weight is 661 g/mol. The molecule has 0 aromatic carbocycles. The first-order valence-electron chi connectivity index (χ1n) is 19.9. The van der Waals surface area contributed by atoms with E-state index in [2.05, 4.69) is 32.9 Å². The van der Waals surface area contributed by atoms with Crippen molar-refractivity contribution in [1.82, 2.24) is 0 Å². The van der Waals surface area contributed by atoms with Gasteiger partial charge in [0.15, 0.2) is 0 Å². The molecule has 0 spiro atoms. The van der Waals surface area contributed by atoms with Crippen LogP contribution in [0, 0.1) is 0 Å². The first-order valence-corrected chi connectivity index (χ1v) is 19.9. The first kappa shape index (κ1) is 49.9. The number of allylic oxidation sites excluding steroid dienone is 2. The molecule has 0 amide bonds. The molecule has 2 atom stereocenters. The zero-order valence-corrected chi connectivity index (χ0v) is 31.3. The van der Waals surface area contributed by atoms with Crippen LogP contribution in [0.15, 0.2) is 12.2 Å². The quantitative estimate of drug-likeness (QED) is 0.0347. The van der Waals surface area contributed by atoms with E-state index in [0.29, 0.717) is 6.61 Å². The Kier molecular flexibility index (Phi) is 53.0. The summed E-state index contributed by atoms with van der Waals surface area (Å²) in [7, 11) is 0. The highest BCUT2D eigenvalue weighted by Gasteiger charge is 2.05. The topological polar surface area (TPSA) is 110 Å². The lowest BCUT2D eigenvalue weighted by atomic mass is 10.0. The monoisotopic (exact) mass is 661 g/mol. The number of rotatable bonds is 34. The molecule has 0 aromatic heterocycles. The van der Waals surface area contributed by atoms with E-state index in [9.17, 15) is 0 Å². The fraction of sp³-hybridized carbons (Fsp3) is 0.950. The van der Waals surface area contributed by atoms with E-state index in [-0.39, 0.29) is 26.4 Å². The van der Waals surface area contributed by atoms with Gasteiger partial charge in [0.25, 0.3) is 0 Å². The van der Waals surface area contributed by atoms with Gasteiger partial charge in [-0.15, -0.1) is 0 Å². The van der Waals surface area contributed by atoms with Crippen LogP contribution in [0.25, 0.3) is 0 Å². The predicted octanol–water partition coefficient (Wildman–Crippen LogP) is 10.2. The Hall–Kier alpha value is -0.500. The highest BCUT2D eigenvalue weighted by Crippen LogP contribution is 2.13. The third kappa shape index (κ3) is 53.0. The van der Waals surface area contributed by atoms with Gasteiger partial charge < -0.3 is 30.3 Å². The van der Waals surface area contributed by atoms with Crippen LogP contribution < -0.4 is 0 Å². The van der Waals surface area contributed by atoms with Gasteiger partial charge in [-0.2, -0.15) is 0 Å². The summed E-state index contributed by atoms with van der Waals surface area (Å²) < 4.78 is 4.72. The molecule has 0 aliphatic heterocycles. The lowest BCUT2D eigenvalue weighted by Gasteiger charge is -2.10. The number of hydrogen-bond donors (Lipinski definition) is 5. The van der Waals surface area contributed by atoms with Crippen molar-refractivity contribution in [1.29, 1.82) is 0 Å². The molecular formula is C40H84O6. The summed E-state index contributed by atoms with van der Waals surface area (Å²) in [6.45, 7) is 6.42. The van der Waals surface area contributed by atoms with Crippen molar-refractivity contribution < 1.29 is 30.3 Å². The minimum atomic E-state index is -0.916. The van der Waals surface area contributed by atoms with Crippen LogP contribution in [0.4, 0.5) is 0 Å². The van der Waals surface area contributed by atoms with Gasteiger partial charge in [0, 0.05) is 6.61 Å². The number of unbranched alkanes of at least 4 members (excludes halogenated alkanes) is 25. The SMILES string of the molecule is CCCCCCCC/C=C\CCCCCCCCO.CCCCCCCCCCCCCCCC.OCC(O)COCC(O)CO. The van der Waals surface area contributed by atoms with Crippen molar-refractivity contribution in [3.05, 3.63) is 12.2 Å². The molecule has 46 heavy (non-hydrogen) atoms. The molecule has 0 bridgehead atoms. The van der Waals surface area contributed by atoms with E-state index < -0.39 is 12.2 Å². The van der Waals surface area contributed by atoms with Gasteiger partial charge in [-0.05, 0) is 32.1 Å². The van der Waals surface area contributed by atoms with Crippen LogP contribution in [0.2, 0.25) is 0 Å². The predicted molar refractivity (Wildman–Crippen MR) is 200 cm³/mol. The Morgan fingerprint density at radius 3 is 0.913 bits per heavy atom. The maximum Gasteiger partial charge on any atom is 0.100 e. The van der Waals surface area contributed by atoms with E-state index >= 15 is 0 Å². The molecule has 0 aromatic rings. The molecule has 5 N–H and O–H groups in total. The van der Waals surface area contributed by atoms with Gasteiger partial charge in [0.05, 0.1) is 26.4 Å². The zero-order valence-electron chi connectivity index (χ0n) is 31.3. The molecule has 6 nitrogen and oxygen atoms in total. The molecule has 0 aliphatic carbocycles. The Bertz CT molecular complexity index is 492. The number of hydrogen-bond acceptors (Lipinski definition) is 6. The molecular weight excluding hydrogens is 576 g/mol. The minimum Gasteiger partial charge on any atom is -0.396 e. The van der Waals surface area contributed by atoms with Crippen molar-refractivity contribution >= 4 is 0 Å². The molecule has 2 unspecified atom stereocenters. The number of ether oxygens (including phenoxy) is 1. The van der Waals surface area contributed by atoms with Crippen LogP contribution in [0.5, 0.6) is 0 Å². The van der Waals surface area contributed by atoms with Crippen LogP contribution in [-0.4, -0.2) is 70.8 Å². The summed E-state index contributed by atoms with van der Waals surface area (Å²) >= 11 is 0. The molecule has 0 aliphatic rings. The summed E-state index contributed by atoms with van der Waals surface area (Å²) in [5, 5.41) is 42.7. The second kappa shape index (κ2) is 48.9. The molecule has 6 heteroatoms. The minimum absolute atomic E-state index is 0.0342. The highest BCUT2D eigenvalue weighted by molar-refractivity contribution is 4.81. The third-order valence-electron chi connectivity index (χ3n) is 8.17. The molecule has 0 fully saturated rings. The van der Waals surface area contributed by atoms with Gasteiger partial charge in [0.2, 0.25) is 0 Å². The van der Waals surface area contributed by atoms with Crippen molar-refractivity contribution in [2.24, 2.45) is 0 Å². The molecule has 280 valence electrons. The van der Waals surface area contributed by atoms with Crippen molar-refractivity contribution in [3.63, 3.8) is 0 Å². The van der Waals surface area contributed by atoms with E-state index in [1.54, 1.807) is 0 Å². The summed E-state index contributed by atoms with van der Waals surface area (Å²) in [5.74, 6) is 0. The van der Waals surface area contributed by atoms with Crippen LogP contribution in [-0.2, 0) is 4.74 Å². The standard InChI is InChI=1S/C18H36O.C16H34.C6H14O5/c1-2-3-4-5-6-7-8-9-10-11-12-13-14-15-16-17-18-19;1-3-5-7-9-11-13-15-16-14-12-10-8-6-4-2;7-1-5(9)3-11-4-6(10)2-8/h9-10,19H,2-8,11-18H2,1H3;3-16H2,1-2H3;5-10H,1-4H2/b10-9-;;. The summed E-state index contributed by atoms with van der Waals surface area (Å²) in [6.07, 6.45) is 41.8. The summed E-state index contributed by atoms with van der Waals surface area (Å²) in [5.41, 5.74) is 0. The summed E-state index contributed by atoms with van der Waals surface area (Å²) in [4.78, 5) is 0. The van der Waals surface area contributed by atoms with E-state index in [0.717, 1.165) is 6.42 Å². The Labute approximate surface area is 287 Å². The molecule has 0 radical (unpaired) electrons. The molecule has 0 saturated heterocycles. The maximum atomic E-state index is 8.72.